The molecule has 0 aliphatic heterocycles. The highest BCUT2D eigenvalue weighted by atomic mass is 79.9. The number of rotatable bonds is 3. The van der Waals surface area contributed by atoms with Crippen molar-refractivity contribution < 1.29 is 9.47 Å². The van der Waals surface area contributed by atoms with Crippen LogP contribution in [0.3, 0.4) is 0 Å². The molecule has 0 heterocycles. The van der Waals surface area contributed by atoms with Crippen molar-refractivity contribution in [2.45, 2.75) is 13.8 Å². The zero-order valence-electron chi connectivity index (χ0n) is 8.06. The molecule has 0 aliphatic rings. The molecule has 1 aromatic carbocycles. The highest BCUT2D eigenvalue weighted by Gasteiger charge is 2.05. The fraction of sp³-hybridized carbons (Fsp3) is 0.400. The Balaban J connectivity index is 2.90. The molecule has 0 N–H and O–H groups in total. The number of hydrogen-bond acceptors (Lipinski definition) is 2. The van der Waals surface area contributed by atoms with Crippen LogP contribution in [0.2, 0.25) is 0 Å². The summed E-state index contributed by atoms with van der Waals surface area (Å²) in [6.07, 6.45) is 0. The molecule has 0 atom stereocenters. The molecule has 13 heavy (non-hydrogen) atoms. The minimum absolute atomic E-state index is 0.288. The molecule has 1 rings (SSSR count). The highest BCUT2D eigenvalue weighted by Crippen LogP contribution is 2.28. The first-order valence-electron chi connectivity index (χ1n) is 4.04. The van der Waals surface area contributed by atoms with Gasteiger partial charge in [0.05, 0.1) is 0 Å². The second-order valence-electron chi connectivity index (χ2n) is 2.87. The first-order valence-corrected chi connectivity index (χ1v) is 4.83. The lowest BCUT2D eigenvalue weighted by molar-refractivity contribution is 0.0506. The van der Waals surface area contributed by atoms with E-state index in [0.29, 0.717) is 0 Å². The fourth-order valence-corrected chi connectivity index (χ4v) is 1.41. The summed E-state index contributed by atoms with van der Waals surface area (Å²) in [7, 11) is 1.61. The maximum atomic E-state index is 5.37. The summed E-state index contributed by atoms with van der Waals surface area (Å²) in [5.41, 5.74) is 2.32. The van der Waals surface area contributed by atoms with Gasteiger partial charge in [0.1, 0.15) is 5.75 Å². The average Bonchev–Trinajstić information content (AvgIpc) is 2.13. The molecule has 1 aromatic rings. The predicted octanol–water partition coefficient (Wildman–Crippen LogP) is 3.05. The van der Waals surface area contributed by atoms with Crippen molar-refractivity contribution in [3.63, 3.8) is 0 Å². The summed E-state index contributed by atoms with van der Waals surface area (Å²) in [4.78, 5) is 0. The van der Waals surface area contributed by atoms with E-state index in [1.807, 2.05) is 19.1 Å². The number of halogens is 1. The van der Waals surface area contributed by atoms with Crippen molar-refractivity contribution in [2.75, 3.05) is 13.9 Å². The van der Waals surface area contributed by atoms with Crippen molar-refractivity contribution in [3.8, 4) is 5.75 Å². The molecule has 0 aromatic heterocycles. The number of aryl methyl sites for hydroxylation is 1. The van der Waals surface area contributed by atoms with Gasteiger partial charge in [-0.05, 0) is 25.5 Å². The van der Waals surface area contributed by atoms with Crippen LogP contribution >= 0.6 is 15.9 Å². The van der Waals surface area contributed by atoms with E-state index in [-0.39, 0.29) is 6.79 Å². The molecule has 0 saturated carbocycles. The largest absolute Gasteiger partial charge is 0.467 e. The Bertz CT molecular complexity index is 297. The van der Waals surface area contributed by atoms with Gasteiger partial charge in [0.25, 0.3) is 0 Å². The molecule has 72 valence electrons. The number of ether oxygens (including phenoxy) is 2. The summed E-state index contributed by atoms with van der Waals surface area (Å²) < 4.78 is 11.3. The third-order valence-electron chi connectivity index (χ3n) is 1.86. The summed E-state index contributed by atoms with van der Waals surface area (Å²) in [5, 5.41) is 0. The van der Waals surface area contributed by atoms with E-state index >= 15 is 0 Å². The number of hydrogen-bond donors (Lipinski definition) is 0. The van der Waals surface area contributed by atoms with Crippen LogP contribution in [0.1, 0.15) is 11.1 Å². The summed E-state index contributed by atoms with van der Waals surface area (Å²) in [6.45, 7) is 4.36. The Kier molecular flexibility index (Phi) is 3.75. The standard InChI is InChI=1S/C10H13BrO2/c1-7-4-5-9(13-6-12-3)8(2)10(7)11/h4-5H,6H2,1-3H3. The Morgan fingerprint density at radius 2 is 2.00 bits per heavy atom. The minimum atomic E-state index is 0.288. The zero-order chi connectivity index (χ0) is 9.84. The Morgan fingerprint density at radius 3 is 2.62 bits per heavy atom. The quantitative estimate of drug-likeness (QED) is 0.762. The fourth-order valence-electron chi connectivity index (χ4n) is 1.08. The summed E-state index contributed by atoms with van der Waals surface area (Å²) >= 11 is 3.50. The van der Waals surface area contributed by atoms with Crippen molar-refractivity contribution >= 4 is 15.9 Å². The normalized spacial score (nSPS) is 10.2. The predicted molar refractivity (Wildman–Crippen MR) is 56.1 cm³/mol. The molecule has 0 spiro atoms. The van der Waals surface area contributed by atoms with E-state index in [2.05, 4.69) is 22.9 Å². The van der Waals surface area contributed by atoms with Crippen LogP contribution < -0.4 is 4.74 Å². The van der Waals surface area contributed by atoms with Gasteiger partial charge in [-0.1, -0.05) is 22.0 Å². The number of benzene rings is 1. The van der Waals surface area contributed by atoms with Crippen molar-refractivity contribution in [1.29, 1.82) is 0 Å². The van der Waals surface area contributed by atoms with Gasteiger partial charge < -0.3 is 9.47 Å². The van der Waals surface area contributed by atoms with Gasteiger partial charge in [0, 0.05) is 17.1 Å². The first kappa shape index (κ1) is 10.5. The molecule has 0 bridgehead atoms. The van der Waals surface area contributed by atoms with Crippen LogP contribution in [0, 0.1) is 13.8 Å². The lowest BCUT2D eigenvalue weighted by Gasteiger charge is -2.10. The molecular weight excluding hydrogens is 232 g/mol. The summed E-state index contributed by atoms with van der Waals surface area (Å²) in [5.74, 6) is 0.860. The van der Waals surface area contributed by atoms with Crippen LogP contribution in [0.15, 0.2) is 16.6 Å². The van der Waals surface area contributed by atoms with E-state index in [1.165, 1.54) is 5.56 Å². The van der Waals surface area contributed by atoms with Gasteiger partial charge >= 0.3 is 0 Å². The van der Waals surface area contributed by atoms with Gasteiger partial charge in [-0.2, -0.15) is 0 Å². The second-order valence-corrected chi connectivity index (χ2v) is 3.66. The van der Waals surface area contributed by atoms with E-state index in [1.54, 1.807) is 7.11 Å². The van der Waals surface area contributed by atoms with Gasteiger partial charge in [-0.15, -0.1) is 0 Å². The van der Waals surface area contributed by atoms with Gasteiger partial charge in [0.2, 0.25) is 0 Å². The molecule has 0 unspecified atom stereocenters. The maximum Gasteiger partial charge on any atom is 0.188 e. The van der Waals surface area contributed by atoms with Crippen molar-refractivity contribution in [3.05, 3.63) is 27.7 Å². The van der Waals surface area contributed by atoms with Gasteiger partial charge in [0.15, 0.2) is 6.79 Å². The van der Waals surface area contributed by atoms with E-state index in [9.17, 15) is 0 Å². The van der Waals surface area contributed by atoms with Crippen LogP contribution in [0.4, 0.5) is 0 Å². The molecule has 0 radical (unpaired) electrons. The summed E-state index contributed by atoms with van der Waals surface area (Å²) in [6, 6.07) is 3.97. The molecule has 0 aliphatic carbocycles. The molecule has 2 nitrogen and oxygen atoms in total. The van der Waals surface area contributed by atoms with Crippen LogP contribution in [-0.2, 0) is 4.74 Å². The zero-order valence-corrected chi connectivity index (χ0v) is 9.64. The van der Waals surface area contributed by atoms with E-state index in [0.717, 1.165) is 15.8 Å². The third-order valence-corrected chi connectivity index (χ3v) is 3.08. The van der Waals surface area contributed by atoms with Crippen molar-refractivity contribution in [1.82, 2.24) is 0 Å². The Morgan fingerprint density at radius 1 is 1.31 bits per heavy atom. The minimum Gasteiger partial charge on any atom is -0.467 e. The smallest absolute Gasteiger partial charge is 0.188 e. The van der Waals surface area contributed by atoms with E-state index in [4.69, 9.17) is 9.47 Å². The molecule has 0 fully saturated rings. The van der Waals surface area contributed by atoms with Crippen LogP contribution in [0.5, 0.6) is 5.75 Å². The third kappa shape index (κ3) is 2.45. The lowest BCUT2D eigenvalue weighted by atomic mass is 10.1. The van der Waals surface area contributed by atoms with Gasteiger partial charge in [-0.3, -0.25) is 0 Å². The maximum absolute atomic E-state index is 5.37. The molecule has 3 heteroatoms. The highest BCUT2D eigenvalue weighted by molar-refractivity contribution is 9.10. The topological polar surface area (TPSA) is 18.5 Å². The monoisotopic (exact) mass is 244 g/mol. The van der Waals surface area contributed by atoms with Gasteiger partial charge in [-0.25, -0.2) is 0 Å². The molecule has 0 amide bonds. The van der Waals surface area contributed by atoms with Crippen LogP contribution in [-0.4, -0.2) is 13.9 Å². The first-order chi connectivity index (χ1) is 6.16. The average molecular weight is 245 g/mol. The molecular formula is C10H13BrO2. The van der Waals surface area contributed by atoms with Crippen molar-refractivity contribution in [2.24, 2.45) is 0 Å². The Hall–Kier alpha value is -0.540. The van der Waals surface area contributed by atoms with Crippen LogP contribution in [0.25, 0.3) is 0 Å². The Labute approximate surface area is 87.0 Å². The van der Waals surface area contributed by atoms with E-state index < -0.39 is 0 Å². The lowest BCUT2D eigenvalue weighted by Crippen LogP contribution is -2.00. The number of methoxy groups -OCH3 is 1. The SMILES string of the molecule is COCOc1ccc(C)c(Br)c1C. The molecule has 0 saturated heterocycles. The second kappa shape index (κ2) is 4.63.